The van der Waals surface area contributed by atoms with Crippen LogP contribution in [0.15, 0.2) is 52.1 Å². The van der Waals surface area contributed by atoms with E-state index in [0.29, 0.717) is 5.56 Å². The fourth-order valence-corrected chi connectivity index (χ4v) is 4.87. The van der Waals surface area contributed by atoms with Crippen molar-refractivity contribution in [2.45, 2.75) is 31.4 Å². The van der Waals surface area contributed by atoms with Gasteiger partial charge in [0.1, 0.15) is 5.60 Å². The maximum absolute atomic E-state index is 11.6. The second kappa shape index (κ2) is 8.46. The topological polar surface area (TPSA) is 51.1 Å². The van der Waals surface area contributed by atoms with E-state index in [0.717, 1.165) is 59.7 Å². The van der Waals surface area contributed by atoms with Crippen molar-refractivity contribution in [1.82, 2.24) is 4.90 Å². The van der Waals surface area contributed by atoms with Gasteiger partial charge in [-0.05, 0) is 41.5 Å². The van der Waals surface area contributed by atoms with Crippen molar-refractivity contribution in [3.63, 3.8) is 0 Å². The number of rotatable bonds is 4. The van der Waals surface area contributed by atoms with E-state index in [4.69, 9.17) is 21.2 Å². The lowest BCUT2D eigenvalue weighted by molar-refractivity contribution is -0.0627. The molecule has 29 heavy (non-hydrogen) atoms. The molecule has 2 aromatic rings. The number of hydrogen-bond acceptors (Lipinski definition) is 5. The third kappa shape index (κ3) is 4.65. The molecule has 0 atom stereocenters. The van der Waals surface area contributed by atoms with Gasteiger partial charge in [0.2, 0.25) is 0 Å². The summed E-state index contributed by atoms with van der Waals surface area (Å²) in [5.41, 5.74) is 3.44. The molecule has 1 fully saturated rings. The van der Waals surface area contributed by atoms with Crippen LogP contribution in [0.5, 0.6) is 0 Å². The van der Waals surface area contributed by atoms with Crippen molar-refractivity contribution in [3.8, 4) is 0 Å². The van der Waals surface area contributed by atoms with E-state index in [-0.39, 0.29) is 11.6 Å². The first-order valence-electron chi connectivity index (χ1n) is 9.57. The molecule has 0 N–H and O–H groups in total. The molecule has 152 valence electrons. The Morgan fingerprint density at radius 3 is 2.62 bits per heavy atom. The van der Waals surface area contributed by atoms with Crippen molar-refractivity contribution in [2.24, 2.45) is 5.16 Å². The van der Waals surface area contributed by atoms with Crippen LogP contribution in [0.25, 0.3) is 0 Å². The standard InChI is InChI=1S/C22H22BrClN2O3/c1-28-21(27)17-4-2-16(3-5-17)20-13-22(29-25-20)6-8-26(9-7-22)14-15-10-18(23)12-19(24)11-15/h2-5,10-12H,6-9,13-14H2,1H3. The monoisotopic (exact) mass is 476 g/mol. The van der Waals surface area contributed by atoms with Crippen LogP contribution in [0.1, 0.15) is 40.7 Å². The highest BCUT2D eigenvalue weighted by Crippen LogP contribution is 2.36. The Kier molecular flexibility index (Phi) is 5.95. The van der Waals surface area contributed by atoms with Gasteiger partial charge in [-0.25, -0.2) is 4.79 Å². The maximum atomic E-state index is 11.6. The molecule has 2 aliphatic heterocycles. The molecule has 1 spiro atoms. The Morgan fingerprint density at radius 2 is 1.97 bits per heavy atom. The number of halogens is 2. The van der Waals surface area contributed by atoms with Crippen LogP contribution in [-0.2, 0) is 16.1 Å². The van der Waals surface area contributed by atoms with Gasteiger partial charge in [-0.2, -0.15) is 0 Å². The number of carbonyl (C=O) groups excluding carboxylic acids is 1. The van der Waals surface area contributed by atoms with Gasteiger partial charge in [0.15, 0.2) is 0 Å². The van der Waals surface area contributed by atoms with Crippen molar-refractivity contribution in [1.29, 1.82) is 0 Å². The molecule has 1 saturated heterocycles. The first-order chi connectivity index (χ1) is 14.0. The zero-order valence-electron chi connectivity index (χ0n) is 16.2. The minimum absolute atomic E-state index is 0.220. The molecular formula is C22H22BrClN2O3. The summed E-state index contributed by atoms with van der Waals surface area (Å²) < 4.78 is 5.75. The average Bonchev–Trinajstić information content (AvgIpc) is 3.12. The molecule has 2 aliphatic rings. The summed E-state index contributed by atoms with van der Waals surface area (Å²) in [4.78, 5) is 19.9. The maximum Gasteiger partial charge on any atom is 0.337 e. The first kappa shape index (κ1) is 20.4. The van der Waals surface area contributed by atoms with E-state index in [2.05, 4.69) is 32.1 Å². The number of hydrogen-bond donors (Lipinski definition) is 0. The molecule has 0 saturated carbocycles. The number of nitrogens with zero attached hydrogens (tertiary/aromatic N) is 2. The lowest BCUT2D eigenvalue weighted by atomic mass is 9.85. The van der Waals surface area contributed by atoms with E-state index < -0.39 is 0 Å². The van der Waals surface area contributed by atoms with Gasteiger partial charge in [-0.15, -0.1) is 0 Å². The molecule has 5 nitrogen and oxygen atoms in total. The molecule has 7 heteroatoms. The van der Waals surface area contributed by atoms with Crippen LogP contribution in [0.3, 0.4) is 0 Å². The van der Waals surface area contributed by atoms with E-state index >= 15 is 0 Å². The molecule has 4 rings (SSSR count). The predicted molar refractivity (Wildman–Crippen MR) is 116 cm³/mol. The van der Waals surface area contributed by atoms with Crippen LogP contribution in [-0.4, -0.2) is 42.4 Å². The number of carbonyl (C=O) groups is 1. The number of esters is 1. The van der Waals surface area contributed by atoms with Crippen LogP contribution in [0.4, 0.5) is 0 Å². The van der Waals surface area contributed by atoms with E-state index in [9.17, 15) is 4.79 Å². The second-order valence-corrected chi connectivity index (χ2v) is 8.96. The molecule has 0 radical (unpaired) electrons. The first-order valence-corrected chi connectivity index (χ1v) is 10.7. The summed E-state index contributed by atoms with van der Waals surface area (Å²) >= 11 is 9.67. The van der Waals surface area contributed by atoms with Gasteiger partial charge in [0.05, 0.1) is 18.4 Å². The van der Waals surface area contributed by atoms with E-state index in [1.54, 1.807) is 12.1 Å². The number of oxime groups is 1. The van der Waals surface area contributed by atoms with E-state index in [1.807, 2.05) is 24.3 Å². The molecule has 0 aliphatic carbocycles. The lowest BCUT2D eigenvalue weighted by Crippen LogP contribution is -2.44. The fraction of sp³-hybridized carbons (Fsp3) is 0.364. The Balaban J connectivity index is 1.35. The van der Waals surface area contributed by atoms with Gasteiger partial charge in [-0.3, -0.25) is 4.90 Å². The quantitative estimate of drug-likeness (QED) is 0.578. The Hall–Kier alpha value is -1.89. The summed E-state index contributed by atoms with van der Waals surface area (Å²) in [7, 11) is 1.38. The minimum atomic E-state index is -0.336. The van der Waals surface area contributed by atoms with Gasteiger partial charge in [0.25, 0.3) is 0 Å². The number of benzene rings is 2. The Labute approximate surface area is 183 Å². The SMILES string of the molecule is COC(=O)c1ccc(C2=NOC3(CCN(Cc4cc(Cl)cc(Br)c4)CC3)C2)cc1. The number of likely N-dealkylation sites (tertiary alicyclic amines) is 1. The van der Waals surface area contributed by atoms with Gasteiger partial charge >= 0.3 is 5.97 Å². The molecule has 2 heterocycles. The number of ether oxygens (including phenoxy) is 1. The third-order valence-electron chi connectivity index (χ3n) is 5.57. The summed E-state index contributed by atoms with van der Waals surface area (Å²) in [6, 6.07) is 13.4. The van der Waals surface area contributed by atoms with Crippen molar-refractivity contribution >= 4 is 39.2 Å². The molecule has 0 amide bonds. The molecule has 0 bridgehead atoms. The normalized spacial score (nSPS) is 18.4. The molecule has 2 aromatic carbocycles. The number of methoxy groups -OCH3 is 1. The van der Waals surface area contributed by atoms with Gasteiger partial charge in [0, 0.05) is 48.4 Å². The van der Waals surface area contributed by atoms with Crippen molar-refractivity contribution < 1.29 is 14.4 Å². The Morgan fingerprint density at radius 1 is 1.24 bits per heavy atom. The summed E-state index contributed by atoms with van der Waals surface area (Å²) in [6.07, 6.45) is 2.66. The highest BCUT2D eigenvalue weighted by Gasteiger charge is 2.42. The largest absolute Gasteiger partial charge is 0.465 e. The number of piperidine rings is 1. The van der Waals surface area contributed by atoms with Crippen LogP contribution in [0.2, 0.25) is 5.02 Å². The zero-order valence-corrected chi connectivity index (χ0v) is 18.5. The molecule has 0 unspecified atom stereocenters. The summed E-state index contributed by atoms with van der Waals surface area (Å²) in [5.74, 6) is -0.336. The highest BCUT2D eigenvalue weighted by molar-refractivity contribution is 9.10. The summed E-state index contributed by atoms with van der Waals surface area (Å²) in [6.45, 7) is 2.78. The average molecular weight is 478 g/mol. The highest BCUT2D eigenvalue weighted by atomic mass is 79.9. The smallest absolute Gasteiger partial charge is 0.337 e. The van der Waals surface area contributed by atoms with E-state index in [1.165, 1.54) is 12.7 Å². The minimum Gasteiger partial charge on any atom is -0.465 e. The van der Waals surface area contributed by atoms with Crippen LogP contribution < -0.4 is 0 Å². The zero-order chi connectivity index (χ0) is 20.4. The fourth-order valence-electron chi connectivity index (χ4n) is 3.94. The van der Waals surface area contributed by atoms with Crippen molar-refractivity contribution in [2.75, 3.05) is 20.2 Å². The van der Waals surface area contributed by atoms with Crippen molar-refractivity contribution in [3.05, 3.63) is 68.7 Å². The second-order valence-electron chi connectivity index (χ2n) is 7.61. The van der Waals surface area contributed by atoms with Crippen LogP contribution >= 0.6 is 27.5 Å². The van der Waals surface area contributed by atoms with Gasteiger partial charge in [-0.1, -0.05) is 44.8 Å². The Bertz CT molecular complexity index is 917. The van der Waals surface area contributed by atoms with Gasteiger partial charge < -0.3 is 9.57 Å². The molecular weight excluding hydrogens is 456 g/mol. The summed E-state index contributed by atoms with van der Waals surface area (Å²) in [5, 5.41) is 5.12. The van der Waals surface area contributed by atoms with Crippen LogP contribution in [0, 0.1) is 0 Å². The lowest BCUT2D eigenvalue weighted by Gasteiger charge is -2.37. The third-order valence-corrected chi connectivity index (χ3v) is 6.25. The predicted octanol–water partition coefficient (Wildman–Crippen LogP) is 5.05. The molecule has 0 aromatic heterocycles.